The summed E-state index contributed by atoms with van der Waals surface area (Å²) in [5, 5.41) is 13.1. The number of aliphatic hydroxyl groups excluding tert-OH is 1. The molecule has 2 nitrogen and oxygen atoms in total. The average molecular weight is 201 g/mol. The van der Waals surface area contributed by atoms with E-state index < -0.39 is 0 Å². The fourth-order valence-corrected chi connectivity index (χ4v) is 3.53. The van der Waals surface area contributed by atoms with E-state index in [9.17, 15) is 5.11 Å². The molecule has 1 unspecified atom stereocenters. The highest BCUT2D eigenvalue weighted by Crippen LogP contribution is 2.24. The maximum atomic E-state index is 9.60. The zero-order chi connectivity index (χ0) is 9.10. The standard InChI is InChI=1S/C10H19NOS/c12-10-3-1-2-9(10)11-6-8-4-5-13-7-8/h8-12H,1-7H2/t8?,9-,10-/m1/s1. The van der Waals surface area contributed by atoms with Crippen molar-refractivity contribution in [3.8, 4) is 0 Å². The van der Waals surface area contributed by atoms with Gasteiger partial charge in [-0.05, 0) is 49.7 Å². The number of hydrogen-bond acceptors (Lipinski definition) is 3. The predicted octanol–water partition coefficient (Wildman–Crippen LogP) is 1.24. The Balaban J connectivity index is 1.66. The molecule has 2 N–H and O–H groups in total. The van der Waals surface area contributed by atoms with Gasteiger partial charge in [0.15, 0.2) is 0 Å². The molecular formula is C10H19NOS. The molecule has 0 spiro atoms. The maximum absolute atomic E-state index is 9.60. The molecule has 2 aliphatic rings. The van der Waals surface area contributed by atoms with Crippen LogP contribution in [0.2, 0.25) is 0 Å². The van der Waals surface area contributed by atoms with Gasteiger partial charge in [0, 0.05) is 6.04 Å². The molecule has 2 fully saturated rings. The Morgan fingerprint density at radius 3 is 2.85 bits per heavy atom. The lowest BCUT2D eigenvalue weighted by Gasteiger charge is -2.18. The van der Waals surface area contributed by atoms with Gasteiger partial charge < -0.3 is 10.4 Å². The first-order chi connectivity index (χ1) is 6.36. The summed E-state index contributed by atoms with van der Waals surface area (Å²) in [4.78, 5) is 0. The zero-order valence-electron chi connectivity index (χ0n) is 8.04. The van der Waals surface area contributed by atoms with Crippen LogP contribution in [0.15, 0.2) is 0 Å². The molecule has 1 aliphatic carbocycles. The highest BCUT2D eigenvalue weighted by molar-refractivity contribution is 7.99. The van der Waals surface area contributed by atoms with Crippen LogP contribution in [-0.4, -0.2) is 35.3 Å². The van der Waals surface area contributed by atoms with Crippen molar-refractivity contribution < 1.29 is 5.11 Å². The largest absolute Gasteiger partial charge is 0.392 e. The SMILES string of the molecule is O[C@@H]1CCC[C@H]1NCC1CCSC1. The van der Waals surface area contributed by atoms with Crippen LogP contribution in [0.3, 0.4) is 0 Å². The summed E-state index contributed by atoms with van der Waals surface area (Å²) in [5.74, 6) is 3.51. The Labute approximate surface area is 84.5 Å². The van der Waals surface area contributed by atoms with Crippen LogP contribution < -0.4 is 5.32 Å². The lowest BCUT2D eigenvalue weighted by Crippen LogP contribution is -2.38. The molecule has 13 heavy (non-hydrogen) atoms. The van der Waals surface area contributed by atoms with E-state index in [-0.39, 0.29) is 6.10 Å². The van der Waals surface area contributed by atoms with Gasteiger partial charge in [0.1, 0.15) is 0 Å². The van der Waals surface area contributed by atoms with Crippen LogP contribution in [0.4, 0.5) is 0 Å². The highest BCUT2D eigenvalue weighted by Gasteiger charge is 2.25. The van der Waals surface area contributed by atoms with Gasteiger partial charge in [0.05, 0.1) is 6.10 Å². The molecule has 3 atom stereocenters. The van der Waals surface area contributed by atoms with Gasteiger partial charge in [0.2, 0.25) is 0 Å². The molecule has 0 radical (unpaired) electrons. The molecule has 76 valence electrons. The molecule has 3 heteroatoms. The molecule has 1 aliphatic heterocycles. The van der Waals surface area contributed by atoms with Gasteiger partial charge in [-0.15, -0.1) is 0 Å². The average Bonchev–Trinajstić information content (AvgIpc) is 2.72. The normalized spacial score (nSPS) is 39.9. The Morgan fingerprint density at radius 2 is 2.23 bits per heavy atom. The van der Waals surface area contributed by atoms with Crippen LogP contribution in [0.5, 0.6) is 0 Å². The van der Waals surface area contributed by atoms with Crippen molar-refractivity contribution in [2.45, 2.75) is 37.8 Å². The minimum Gasteiger partial charge on any atom is -0.392 e. The van der Waals surface area contributed by atoms with Gasteiger partial charge in [-0.3, -0.25) is 0 Å². The van der Waals surface area contributed by atoms with E-state index in [4.69, 9.17) is 0 Å². The molecular weight excluding hydrogens is 182 g/mol. The van der Waals surface area contributed by atoms with Crippen molar-refractivity contribution in [1.82, 2.24) is 5.32 Å². The molecule has 2 rings (SSSR count). The number of thioether (sulfide) groups is 1. The summed E-state index contributed by atoms with van der Waals surface area (Å²) >= 11 is 2.06. The minimum atomic E-state index is -0.0749. The molecule has 0 aromatic heterocycles. The third kappa shape index (κ3) is 2.61. The minimum absolute atomic E-state index is 0.0749. The van der Waals surface area contributed by atoms with E-state index in [2.05, 4.69) is 17.1 Å². The molecule has 0 amide bonds. The first-order valence-corrected chi connectivity index (χ1v) is 6.51. The summed E-state index contributed by atoms with van der Waals surface area (Å²) in [6, 6.07) is 0.394. The lowest BCUT2D eigenvalue weighted by atomic mass is 10.1. The van der Waals surface area contributed by atoms with E-state index in [0.29, 0.717) is 6.04 Å². The van der Waals surface area contributed by atoms with Crippen molar-refractivity contribution in [2.24, 2.45) is 5.92 Å². The predicted molar refractivity (Wildman–Crippen MR) is 57.1 cm³/mol. The molecule has 1 heterocycles. The summed E-state index contributed by atoms with van der Waals surface area (Å²) in [6.07, 6.45) is 4.64. The van der Waals surface area contributed by atoms with Crippen molar-refractivity contribution in [3.05, 3.63) is 0 Å². The summed E-state index contributed by atoms with van der Waals surface area (Å²) in [6.45, 7) is 1.12. The third-order valence-electron chi connectivity index (χ3n) is 3.17. The second-order valence-corrected chi connectivity index (χ2v) is 5.39. The Hall–Kier alpha value is 0.270. The number of hydrogen-bond donors (Lipinski definition) is 2. The van der Waals surface area contributed by atoms with Gasteiger partial charge >= 0.3 is 0 Å². The van der Waals surface area contributed by atoms with Gasteiger partial charge in [-0.25, -0.2) is 0 Å². The second-order valence-electron chi connectivity index (χ2n) is 4.24. The topological polar surface area (TPSA) is 32.3 Å². The van der Waals surface area contributed by atoms with Crippen molar-refractivity contribution in [1.29, 1.82) is 0 Å². The van der Waals surface area contributed by atoms with Gasteiger partial charge in [-0.2, -0.15) is 11.8 Å². The van der Waals surface area contributed by atoms with E-state index in [0.717, 1.165) is 18.9 Å². The number of rotatable bonds is 3. The Kier molecular flexibility index (Phi) is 3.52. The third-order valence-corrected chi connectivity index (χ3v) is 4.40. The van der Waals surface area contributed by atoms with E-state index in [1.165, 1.54) is 30.8 Å². The van der Waals surface area contributed by atoms with Crippen LogP contribution in [-0.2, 0) is 0 Å². The first kappa shape index (κ1) is 9.81. The number of nitrogens with one attached hydrogen (secondary N) is 1. The summed E-state index contributed by atoms with van der Waals surface area (Å²) in [7, 11) is 0. The van der Waals surface area contributed by atoms with Crippen molar-refractivity contribution >= 4 is 11.8 Å². The van der Waals surface area contributed by atoms with E-state index >= 15 is 0 Å². The molecule has 0 aromatic carbocycles. The monoisotopic (exact) mass is 201 g/mol. The van der Waals surface area contributed by atoms with E-state index in [1.54, 1.807) is 0 Å². The highest BCUT2D eigenvalue weighted by atomic mass is 32.2. The van der Waals surface area contributed by atoms with Crippen molar-refractivity contribution in [2.75, 3.05) is 18.1 Å². The number of aliphatic hydroxyl groups is 1. The van der Waals surface area contributed by atoms with Crippen molar-refractivity contribution in [3.63, 3.8) is 0 Å². The summed E-state index contributed by atoms with van der Waals surface area (Å²) < 4.78 is 0. The first-order valence-electron chi connectivity index (χ1n) is 5.35. The smallest absolute Gasteiger partial charge is 0.0693 e. The van der Waals surface area contributed by atoms with Crippen LogP contribution in [0, 0.1) is 5.92 Å². The molecule has 1 saturated heterocycles. The zero-order valence-corrected chi connectivity index (χ0v) is 8.85. The van der Waals surface area contributed by atoms with Crippen LogP contribution in [0.25, 0.3) is 0 Å². The molecule has 0 aromatic rings. The summed E-state index contributed by atoms with van der Waals surface area (Å²) in [5.41, 5.74) is 0. The van der Waals surface area contributed by atoms with Crippen LogP contribution >= 0.6 is 11.8 Å². The Bertz CT molecular complexity index is 159. The van der Waals surface area contributed by atoms with Gasteiger partial charge in [0.25, 0.3) is 0 Å². The molecule has 0 bridgehead atoms. The Morgan fingerprint density at radius 1 is 1.31 bits per heavy atom. The quantitative estimate of drug-likeness (QED) is 0.720. The van der Waals surface area contributed by atoms with E-state index in [1.807, 2.05) is 0 Å². The molecule has 1 saturated carbocycles. The van der Waals surface area contributed by atoms with Gasteiger partial charge in [-0.1, -0.05) is 0 Å². The fourth-order valence-electron chi connectivity index (χ4n) is 2.24. The fraction of sp³-hybridized carbons (Fsp3) is 1.00. The van der Waals surface area contributed by atoms with Crippen LogP contribution in [0.1, 0.15) is 25.7 Å². The maximum Gasteiger partial charge on any atom is 0.0693 e. The lowest BCUT2D eigenvalue weighted by molar-refractivity contribution is 0.147. The second kappa shape index (κ2) is 4.67.